The molecule has 2 aromatic rings. The predicted octanol–water partition coefficient (Wildman–Crippen LogP) is 3.74. The van der Waals surface area contributed by atoms with Gasteiger partial charge in [0.25, 0.3) is 0 Å². The van der Waals surface area contributed by atoms with Gasteiger partial charge in [0, 0.05) is 31.4 Å². The molecule has 170 valence electrons. The molecule has 31 heavy (non-hydrogen) atoms. The van der Waals surface area contributed by atoms with Crippen LogP contribution < -0.4 is 34.3 Å². The summed E-state index contributed by atoms with van der Waals surface area (Å²) in [4.78, 5) is 4.29. The smallest absolute Gasteiger partial charge is 0.203 e. The summed E-state index contributed by atoms with van der Waals surface area (Å²) in [5.74, 6) is 3.87. The van der Waals surface area contributed by atoms with Crippen molar-refractivity contribution in [3.8, 4) is 28.7 Å². The first kappa shape index (κ1) is 24.0. The fourth-order valence-electron chi connectivity index (χ4n) is 3.11. The average Bonchev–Trinajstić information content (AvgIpc) is 2.80. The minimum absolute atomic E-state index is 0.546. The number of aryl methyl sites for hydroxylation is 1. The lowest BCUT2D eigenvalue weighted by Crippen LogP contribution is -2.31. The third-order valence-corrected chi connectivity index (χ3v) is 4.61. The maximum Gasteiger partial charge on any atom is 0.203 e. The maximum atomic E-state index is 5.65. The molecule has 2 rings (SSSR count). The molecule has 2 N–H and O–H groups in total. The number of nitrogens with one attached hydrogen (secondary N) is 2. The van der Waals surface area contributed by atoms with Crippen molar-refractivity contribution in [2.75, 3.05) is 54.0 Å². The van der Waals surface area contributed by atoms with Gasteiger partial charge in [-0.05, 0) is 37.5 Å². The standard InChI is InChI=1S/C23H33N3O5/c1-7-31-19-13-16(10-11-18(19)27-3)9-8-12-25-23(24-2)26-17-14-20(28-4)22(30-6)21(15-17)29-5/h10-11,13-15H,7-9,12H2,1-6H3,(H2,24,25,26). The predicted molar refractivity (Wildman–Crippen MR) is 124 cm³/mol. The van der Waals surface area contributed by atoms with Crippen molar-refractivity contribution in [2.45, 2.75) is 19.8 Å². The number of guanidine groups is 1. The van der Waals surface area contributed by atoms with E-state index in [1.165, 1.54) is 5.56 Å². The van der Waals surface area contributed by atoms with Gasteiger partial charge in [-0.15, -0.1) is 0 Å². The van der Waals surface area contributed by atoms with E-state index in [4.69, 9.17) is 23.7 Å². The van der Waals surface area contributed by atoms with Crippen LogP contribution in [0.25, 0.3) is 0 Å². The van der Waals surface area contributed by atoms with Crippen molar-refractivity contribution in [1.82, 2.24) is 5.32 Å². The van der Waals surface area contributed by atoms with Gasteiger partial charge in [-0.25, -0.2) is 0 Å². The van der Waals surface area contributed by atoms with Crippen LogP contribution in [0.4, 0.5) is 5.69 Å². The van der Waals surface area contributed by atoms with Crippen LogP contribution in [0.5, 0.6) is 28.7 Å². The fourth-order valence-corrected chi connectivity index (χ4v) is 3.11. The SMILES string of the molecule is CCOc1cc(CCCNC(=NC)Nc2cc(OC)c(OC)c(OC)c2)ccc1OC. The number of methoxy groups -OCH3 is 4. The Hall–Kier alpha value is -3.29. The zero-order valence-electron chi connectivity index (χ0n) is 19.2. The van der Waals surface area contributed by atoms with Crippen molar-refractivity contribution in [1.29, 1.82) is 0 Å². The molecular formula is C23H33N3O5. The number of rotatable bonds is 11. The van der Waals surface area contributed by atoms with Crippen LogP contribution in [0.3, 0.4) is 0 Å². The van der Waals surface area contributed by atoms with Crippen molar-refractivity contribution in [3.63, 3.8) is 0 Å². The lowest BCUT2D eigenvalue weighted by Gasteiger charge is -2.16. The molecule has 8 heteroatoms. The van der Waals surface area contributed by atoms with Crippen LogP contribution in [0.2, 0.25) is 0 Å². The van der Waals surface area contributed by atoms with E-state index in [-0.39, 0.29) is 0 Å². The van der Waals surface area contributed by atoms with Crippen LogP contribution in [-0.4, -0.2) is 54.6 Å². The molecule has 0 atom stereocenters. The monoisotopic (exact) mass is 431 g/mol. The van der Waals surface area contributed by atoms with Gasteiger partial charge in [0.05, 0.1) is 35.0 Å². The number of nitrogens with zero attached hydrogens (tertiary/aromatic N) is 1. The molecule has 0 bridgehead atoms. The Kier molecular flexibility index (Phi) is 9.61. The normalized spacial score (nSPS) is 11.0. The number of hydrogen-bond acceptors (Lipinski definition) is 6. The molecule has 0 saturated carbocycles. The molecule has 0 aliphatic carbocycles. The van der Waals surface area contributed by atoms with E-state index in [1.807, 2.05) is 31.2 Å². The van der Waals surface area contributed by atoms with Crippen molar-refractivity contribution >= 4 is 11.6 Å². The minimum Gasteiger partial charge on any atom is -0.493 e. The third kappa shape index (κ3) is 6.60. The molecule has 8 nitrogen and oxygen atoms in total. The molecule has 0 fully saturated rings. The Balaban J connectivity index is 1.94. The molecule has 0 aliphatic heterocycles. The molecule has 2 aromatic carbocycles. The van der Waals surface area contributed by atoms with Gasteiger partial charge >= 0.3 is 0 Å². The molecule has 0 aromatic heterocycles. The van der Waals surface area contributed by atoms with Crippen molar-refractivity contribution in [3.05, 3.63) is 35.9 Å². The Bertz CT molecular complexity index is 845. The zero-order chi connectivity index (χ0) is 22.6. The summed E-state index contributed by atoms with van der Waals surface area (Å²) < 4.78 is 27.2. The van der Waals surface area contributed by atoms with Crippen LogP contribution in [-0.2, 0) is 6.42 Å². The second-order valence-electron chi connectivity index (χ2n) is 6.56. The summed E-state index contributed by atoms with van der Waals surface area (Å²) in [6.45, 7) is 3.31. The van der Waals surface area contributed by atoms with Crippen LogP contribution in [0.15, 0.2) is 35.3 Å². The minimum atomic E-state index is 0.546. The molecular weight excluding hydrogens is 398 g/mol. The molecule has 0 aliphatic rings. The highest BCUT2D eigenvalue weighted by Crippen LogP contribution is 2.39. The number of benzene rings is 2. The first-order valence-electron chi connectivity index (χ1n) is 10.2. The summed E-state index contributed by atoms with van der Waals surface area (Å²) in [7, 11) is 8.13. The number of ether oxygens (including phenoxy) is 5. The van der Waals surface area contributed by atoms with E-state index < -0.39 is 0 Å². The van der Waals surface area contributed by atoms with E-state index in [0.717, 1.165) is 36.6 Å². The molecule has 0 spiro atoms. The van der Waals surface area contributed by atoms with Crippen molar-refractivity contribution in [2.24, 2.45) is 4.99 Å². The molecule has 0 unspecified atom stereocenters. The Morgan fingerprint density at radius 2 is 1.55 bits per heavy atom. The number of hydrogen-bond donors (Lipinski definition) is 2. The Morgan fingerprint density at radius 3 is 2.10 bits per heavy atom. The lowest BCUT2D eigenvalue weighted by atomic mass is 10.1. The quantitative estimate of drug-likeness (QED) is 0.319. The van der Waals surface area contributed by atoms with Gasteiger partial charge in [-0.2, -0.15) is 0 Å². The molecule has 0 saturated heterocycles. The summed E-state index contributed by atoms with van der Waals surface area (Å²) in [6.07, 6.45) is 1.83. The highest BCUT2D eigenvalue weighted by atomic mass is 16.5. The van der Waals surface area contributed by atoms with E-state index >= 15 is 0 Å². The highest BCUT2D eigenvalue weighted by molar-refractivity contribution is 5.94. The summed E-state index contributed by atoms with van der Waals surface area (Å²) >= 11 is 0. The topological polar surface area (TPSA) is 82.6 Å². The van der Waals surface area contributed by atoms with E-state index in [0.29, 0.717) is 29.8 Å². The number of anilines is 1. The first-order chi connectivity index (χ1) is 15.1. The Morgan fingerprint density at radius 1 is 0.871 bits per heavy atom. The summed E-state index contributed by atoms with van der Waals surface area (Å²) in [5.41, 5.74) is 1.97. The average molecular weight is 432 g/mol. The first-order valence-corrected chi connectivity index (χ1v) is 10.2. The van der Waals surface area contributed by atoms with E-state index in [1.54, 1.807) is 35.5 Å². The van der Waals surface area contributed by atoms with Gasteiger partial charge in [0.15, 0.2) is 29.0 Å². The Labute approximate surface area is 184 Å². The number of aliphatic imine (C=N–C) groups is 1. The highest BCUT2D eigenvalue weighted by Gasteiger charge is 2.14. The third-order valence-electron chi connectivity index (χ3n) is 4.61. The van der Waals surface area contributed by atoms with E-state index in [2.05, 4.69) is 21.7 Å². The van der Waals surface area contributed by atoms with Crippen LogP contribution in [0, 0.1) is 0 Å². The lowest BCUT2D eigenvalue weighted by molar-refractivity contribution is 0.310. The molecule has 0 radical (unpaired) electrons. The fraction of sp³-hybridized carbons (Fsp3) is 0.435. The van der Waals surface area contributed by atoms with Crippen LogP contribution >= 0.6 is 0 Å². The summed E-state index contributed by atoms with van der Waals surface area (Å²) in [5, 5.41) is 6.58. The largest absolute Gasteiger partial charge is 0.493 e. The van der Waals surface area contributed by atoms with Gasteiger partial charge in [-0.1, -0.05) is 6.07 Å². The van der Waals surface area contributed by atoms with Gasteiger partial charge in [0.1, 0.15) is 0 Å². The van der Waals surface area contributed by atoms with Gasteiger partial charge in [-0.3, -0.25) is 4.99 Å². The zero-order valence-corrected chi connectivity index (χ0v) is 19.2. The summed E-state index contributed by atoms with van der Waals surface area (Å²) in [6, 6.07) is 9.70. The molecule has 0 amide bonds. The second-order valence-corrected chi connectivity index (χ2v) is 6.56. The van der Waals surface area contributed by atoms with Gasteiger partial charge < -0.3 is 34.3 Å². The van der Waals surface area contributed by atoms with Gasteiger partial charge in [0.2, 0.25) is 5.75 Å². The maximum absolute atomic E-state index is 5.65. The molecule has 0 heterocycles. The second kappa shape index (κ2) is 12.4. The van der Waals surface area contributed by atoms with Crippen LogP contribution in [0.1, 0.15) is 18.9 Å². The van der Waals surface area contributed by atoms with E-state index in [9.17, 15) is 0 Å². The van der Waals surface area contributed by atoms with Crippen molar-refractivity contribution < 1.29 is 23.7 Å².